The van der Waals surface area contributed by atoms with Gasteiger partial charge in [0.25, 0.3) is 0 Å². The van der Waals surface area contributed by atoms with Gasteiger partial charge in [-0.2, -0.15) is 0 Å². The van der Waals surface area contributed by atoms with Crippen molar-refractivity contribution < 1.29 is 0 Å². The maximum Gasteiger partial charge on any atom is 0.00329 e. The lowest BCUT2D eigenvalue weighted by Gasteiger charge is -2.10. The van der Waals surface area contributed by atoms with Gasteiger partial charge in [-0.1, -0.05) is 13.2 Å². The highest BCUT2D eigenvalue weighted by Crippen LogP contribution is 2.31. The van der Waals surface area contributed by atoms with Crippen LogP contribution in [0.15, 0.2) is 23.0 Å². The van der Waals surface area contributed by atoms with Crippen LogP contribution < -0.4 is 5.32 Å². The first-order valence-electron chi connectivity index (χ1n) is 3.93. The van der Waals surface area contributed by atoms with Crippen LogP contribution in [-0.4, -0.2) is 13.1 Å². The molecule has 0 aliphatic carbocycles. The van der Waals surface area contributed by atoms with Crippen LogP contribution in [0.4, 0.5) is 0 Å². The molecule has 1 saturated heterocycles. The van der Waals surface area contributed by atoms with Crippen LogP contribution in [0.25, 0.3) is 0 Å². The molecule has 1 nitrogen and oxygen atoms in total. The molecule has 1 N–H and O–H groups in total. The van der Waals surface area contributed by atoms with Gasteiger partial charge in [0.1, 0.15) is 0 Å². The molecule has 0 amide bonds. The van der Waals surface area contributed by atoms with Gasteiger partial charge in [-0.15, -0.1) is 11.8 Å². The molecule has 1 fully saturated rings. The van der Waals surface area contributed by atoms with Gasteiger partial charge < -0.3 is 5.32 Å². The molecule has 1 rings (SSSR count). The van der Waals surface area contributed by atoms with Crippen LogP contribution in [0, 0.1) is 5.92 Å². The number of allylic oxidation sites excluding steroid dienone is 1. The van der Waals surface area contributed by atoms with Crippen LogP contribution in [0.3, 0.4) is 0 Å². The van der Waals surface area contributed by atoms with E-state index in [2.05, 4.69) is 18.5 Å². The van der Waals surface area contributed by atoms with E-state index < -0.39 is 0 Å². The monoisotopic (exact) mass is 169 g/mol. The van der Waals surface area contributed by atoms with Crippen LogP contribution in [0.1, 0.15) is 13.3 Å². The number of rotatable bonds is 3. The second-order valence-electron chi connectivity index (χ2n) is 2.96. The Kier molecular flexibility index (Phi) is 3.21. The second-order valence-corrected chi connectivity index (χ2v) is 4.39. The third kappa shape index (κ3) is 2.72. The topological polar surface area (TPSA) is 12.0 Å². The van der Waals surface area contributed by atoms with Crippen molar-refractivity contribution in [2.75, 3.05) is 13.1 Å². The van der Waals surface area contributed by atoms with E-state index in [1.807, 2.05) is 6.92 Å². The van der Waals surface area contributed by atoms with Gasteiger partial charge >= 0.3 is 0 Å². The highest BCUT2D eigenvalue weighted by atomic mass is 32.2. The number of nitrogens with one attached hydrogen (secondary N) is 1. The fourth-order valence-electron chi connectivity index (χ4n) is 1.24. The van der Waals surface area contributed by atoms with Gasteiger partial charge in [0, 0.05) is 12.5 Å². The summed E-state index contributed by atoms with van der Waals surface area (Å²) in [5.41, 5.74) is 0. The van der Waals surface area contributed by atoms with Crippen LogP contribution >= 0.6 is 11.8 Å². The van der Waals surface area contributed by atoms with E-state index >= 15 is 0 Å². The van der Waals surface area contributed by atoms with E-state index in [0.717, 1.165) is 18.0 Å². The summed E-state index contributed by atoms with van der Waals surface area (Å²) >= 11 is 1.72. The lowest BCUT2D eigenvalue weighted by Crippen LogP contribution is -2.09. The molecule has 62 valence electrons. The highest BCUT2D eigenvalue weighted by molar-refractivity contribution is 8.06. The van der Waals surface area contributed by atoms with Gasteiger partial charge in [-0.05, 0) is 29.7 Å². The lowest BCUT2D eigenvalue weighted by atomic mass is 10.1. The molecule has 1 atom stereocenters. The fraction of sp³-hybridized carbons (Fsp3) is 0.556. The number of hydrogen-bond acceptors (Lipinski definition) is 2. The number of hydrogen-bond donors (Lipinski definition) is 1. The van der Waals surface area contributed by atoms with Gasteiger partial charge in [-0.3, -0.25) is 0 Å². The Balaban J connectivity index is 2.34. The molecule has 1 heterocycles. The van der Waals surface area contributed by atoms with E-state index in [-0.39, 0.29) is 0 Å². The van der Waals surface area contributed by atoms with Crippen LogP contribution in [-0.2, 0) is 0 Å². The smallest absolute Gasteiger partial charge is 0.00329 e. The lowest BCUT2D eigenvalue weighted by molar-refractivity contribution is 0.719. The average molecular weight is 169 g/mol. The maximum atomic E-state index is 4.04. The first-order valence-corrected chi connectivity index (χ1v) is 4.74. The Hall–Kier alpha value is -0.210. The summed E-state index contributed by atoms with van der Waals surface area (Å²) in [4.78, 5) is 2.41. The molecular formula is C9H15NS. The molecule has 2 heteroatoms. The molecular weight excluding hydrogens is 154 g/mol. The normalized spacial score (nSPS) is 23.5. The van der Waals surface area contributed by atoms with Gasteiger partial charge in [-0.25, -0.2) is 0 Å². The predicted octanol–water partition coefficient (Wildman–Crippen LogP) is 2.38. The van der Waals surface area contributed by atoms with Gasteiger partial charge in [0.15, 0.2) is 0 Å². The third-order valence-electron chi connectivity index (χ3n) is 1.82. The summed E-state index contributed by atoms with van der Waals surface area (Å²) in [7, 11) is 0. The summed E-state index contributed by atoms with van der Waals surface area (Å²) in [6, 6.07) is 0. The van der Waals surface area contributed by atoms with Crippen molar-refractivity contribution in [2.24, 2.45) is 5.92 Å². The molecule has 0 spiro atoms. The third-order valence-corrected chi connectivity index (χ3v) is 2.76. The molecule has 0 saturated carbocycles. The predicted molar refractivity (Wildman–Crippen MR) is 52.5 cm³/mol. The maximum absolute atomic E-state index is 4.04. The largest absolute Gasteiger partial charge is 0.316 e. The first kappa shape index (κ1) is 8.88. The Morgan fingerprint density at radius 1 is 1.55 bits per heavy atom. The van der Waals surface area contributed by atoms with E-state index in [0.29, 0.717) is 5.92 Å². The summed E-state index contributed by atoms with van der Waals surface area (Å²) in [6.45, 7) is 12.1. The Bertz CT molecular complexity index is 168. The minimum absolute atomic E-state index is 0.664. The molecule has 1 aliphatic heterocycles. The molecule has 0 aromatic heterocycles. The van der Waals surface area contributed by atoms with E-state index in [1.165, 1.54) is 11.3 Å². The molecule has 0 aromatic rings. The zero-order valence-corrected chi connectivity index (χ0v) is 7.84. The van der Waals surface area contributed by atoms with Crippen molar-refractivity contribution in [3.8, 4) is 0 Å². The quantitative estimate of drug-likeness (QED) is 0.696. The minimum Gasteiger partial charge on any atom is -0.316 e. The van der Waals surface area contributed by atoms with Crippen molar-refractivity contribution in [2.45, 2.75) is 13.3 Å². The van der Waals surface area contributed by atoms with E-state index in [9.17, 15) is 0 Å². The zero-order chi connectivity index (χ0) is 8.27. The van der Waals surface area contributed by atoms with Crippen molar-refractivity contribution >= 4 is 11.8 Å². The van der Waals surface area contributed by atoms with Crippen molar-refractivity contribution in [3.05, 3.63) is 23.0 Å². The highest BCUT2D eigenvalue weighted by Gasteiger charge is 2.17. The van der Waals surface area contributed by atoms with Crippen LogP contribution in [0.5, 0.6) is 0 Å². The van der Waals surface area contributed by atoms with Crippen molar-refractivity contribution in [3.63, 3.8) is 0 Å². The molecule has 11 heavy (non-hydrogen) atoms. The standard InChI is InChI=1S/C9H15NS/c1-7(2)11-8(3)9-4-5-10-6-9/h9-10H,1,3-6H2,2H3. The molecule has 1 unspecified atom stereocenters. The van der Waals surface area contributed by atoms with Crippen molar-refractivity contribution in [1.29, 1.82) is 0 Å². The Labute approximate surface area is 72.9 Å². The summed E-state index contributed by atoms with van der Waals surface area (Å²) < 4.78 is 0. The van der Waals surface area contributed by atoms with E-state index in [4.69, 9.17) is 0 Å². The van der Waals surface area contributed by atoms with Gasteiger partial charge in [0.05, 0.1) is 0 Å². The summed E-state index contributed by atoms with van der Waals surface area (Å²) in [5.74, 6) is 0.664. The molecule has 0 aromatic carbocycles. The van der Waals surface area contributed by atoms with Gasteiger partial charge in [0.2, 0.25) is 0 Å². The van der Waals surface area contributed by atoms with E-state index in [1.54, 1.807) is 11.8 Å². The summed E-state index contributed by atoms with van der Waals surface area (Å²) in [6.07, 6.45) is 1.24. The second kappa shape index (κ2) is 3.98. The fourth-order valence-corrected chi connectivity index (χ4v) is 2.05. The summed E-state index contributed by atoms with van der Waals surface area (Å²) in [5, 5.41) is 3.32. The average Bonchev–Trinajstić information content (AvgIpc) is 2.35. The first-order chi connectivity index (χ1) is 5.20. The Morgan fingerprint density at radius 2 is 2.27 bits per heavy atom. The Morgan fingerprint density at radius 3 is 2.73 bits per heavy atom. The zero-order valence-electron chi connectivity index (χ0n) is 7.02. The number of thioether (sulfide) groups is 1. The minimum atomic E-state index is 0.664. The molecule has 0 bridgehead atoms. The molecule has 0 radical (unpaired) electrons. The van der Waals surface area contributed by atoms with Crippen LogP contribution in [0.2, 0.25) is 0 Å². The SMILES string of the molecule is C=C(C)SC(=C)C1CCNC1. The van der Waals surface area contributed by atoms with Crippen molar-refractivity contribution in [1.82, 2.24) is 5.32 Å². The molecule has 1 aliphatic rings.